The van der Waals surface area contributed by atoms with Crippen molar-refractivity contribution in [3.63, 3.8) is 0 Å². The fourth-order valence-electron chi connectivity index (χ4n) is 0.361. The van der Waals surface area contributed by atoms with Gasteiger partial charge in [-0.2, -0.15) is 0 Å². The SMILES string of the molecule is OCC(CCl)OCC[S]. The molecule has 0 spiro atoms. The highest BCUT2D eigenvalue weighted by atomic mass is 35.5. The molecule has 0 aromatic heterocycles. The van der Waals surface area contributed by atoms with Gasteiger partial charge in [0.25, 0.3) is 0 Å². The van der Waals surface area contributed by atoms with E-state index in [0.29, 0.717) is 18.2 Å². The maximum absolute atomic E-state index is 8.51. The largest absolute Gasteiger partial charge is 0.394 e. The molecule has 0 saturated heterocycles. The number of halogens is 1. The standard InChI is InChI=1S/C5H10ClO2S/c6-3-5(4-7)8-1-2-9/h5,7H,1-4H2. The average Bonchev–Trinajstić information content (AvgIpc) is 1.91. The van der Waals surface area contributed by atoms with E-state index in [4.69, 9.17) is 21.4 Å². The Morgan fingerprint density at radius 2 is 2.33 bits per heavy atom. The zero-order valence-corrected chi connectivity index (χ0v) is 6.62. The summed E-state index contributed by atoms with van der Waals surface area (Å²) in [6.45, 7) is 0.464. The normalized spacial score (nSPS) is 13.7. The predicted molar refractivity (Wildman–Crippen MR) is 40.0 cm³/mol. The summed E-state index contributed by atoms with van der Waals surface area (Å²) >= 11 is 10.0. The van der Waals surface area contributed by atoms with E-state index in [0.717, 1.165) is 0 Å². The molecule has 1 radical (unpaired) electrons. The van der Waals surface area contributed by atoms with Crippen LogP contribution >= 0.6 is 24.2 Å². The Morgan fingerprint density at radius 1 is 1.67 bits per heavy atom. The first kappa shape index (κ1) is 9.56. The molecule has 4 heteroatoms. The van der Waals surface area contributed by atoms with Crippen LogP contribution in [0.4, 0.5) is 0 Å². The number of aliphatic hydroxyl groups excluding tert-OH is 1. The van der Waals surface area contributed by atoms with Crippen molar-refractivity contribution < 1.29 is 9.84 Å². The first-order valence-corrected chi connectivity index (χ1v) is 3.82. The van der Waals surface area contributed by atoms with Gasteiger partial charge in [-0.3, -0.25) is 0 Å². The van der Waals surface area contributed by atoms with E-state index in [1.807, 2.05) is 0 Å². The highest BCUT2D eigenvalue weighted by molar-refractivity contribution is 7.80. The predicted octanol–water partition coefficient (Wildman–Crippen LogP) is 0.800. The van der Waals surface area contributed by atoms with Gasteiger partial charge in [-0.25, -0.2) is 0 Å². The van der Waals surface area contributed by atoms with E-state index in [2.05, 4.69) is 12.6 Å². The lowest BCUT2D eigenvalue weighted by molar-refractivity contribution is 0.0363. The summed E-state index contributed by atoms with van der Waals surface area (Å²) in [5.74, 6) is 0.874. The van der Waals surface area contributed by atoms with Gasteiger partial charge in [0.2, 0.25) is 0 Å². The smallest absolute Gasteiger partial charge is 0.0941 e. The second kappa shape index (κ2) is 6.68. The Morgan fingerprint density at radius 3 is 2.67 bits per heavy atom. The van der Waals surface area contributed by atoms with Crippen LogP contribution in [0.5, 0.6) is 0 Å². The molecule has 0 amide bonds. The fourth-order valence-corrected chi connectivity index (χ4v) is 0.644. The second-order valence-electron chi connectivity index (χ2n) is 1.53. The van der Waals surface area contributed by atoms with Crippen LogP contribution in [0.25, 0.3) is 0 Å². The van der Waals surface area contributed by atoms with E-state index in [9.17, 15) is 0 Å². The van der Waals surface area contributed by atoms with E-state index in [1.165, 1.54) is 0 Å². The molecule has 1 unspecified atom stereocenters. The molecule has 0 fully saturated rings. The van der Waals surface area contributed by atoms with Gasteiger partial charge in [-0.15, -0.1) is 11.6 Å². The third kappa shape index (κ3) is 5.03. The van der Waals surface area contributed by atoms with Gasteiger partial charge in [0.15, 0.2) is 0 Å². The molecule has 0 aromatic carbocycles. The number of hydrogen-bond donors (Lipinski definition) is 1. The molecular formula is C5H10ClO2S. The quantitative estimate of drug-likeness (QED) is 0.617. The van der Waals surface area contributed by atoms with Crippen LogP contribution in [-0.2, 0) is 4.74 Å². The van der Waals surface area contributed by atoms with Gasteiger partial charge in [-0.1, -0.05) is 12.6 Å². The van der Waals surface area contributed by atoms with Crippen LogP contribution in [0.15, 0.2) is 0 Å². The minimum Gasteiger partial charge on any atom is -0.394 e. The van der Waals surface area contributed by atoms with Crippen LogP contribution in [0.2, 0.25) is 0 Å². The number of alkyl halides is 1. The van der Waals surface area contributed by atoms with Crippen molar-refractivity contribution >= 4 is 24.2 Å². The first-order valence-electron chi connectivity index (χ1n) is 2.71. The van der Waals surface area contributed by atoms with Gasteiger partial charge < -0.3 is 9.84 Å². The van der Waals surface area contributed by atoms with Crippen molar-refractivity contribution in [3.05, 3.63) is 0 Å². The third-order valence-electron chi connectivity index (χ3n) is 0.813. The Kier molecular flexibility index (Phi) is 7.09. The van der Waals surface area contributed by atoms with E-state index in [1.54, 1.807) is 0 Å². The lowest BCUT2D eigenvalue weighted by atomic mass is 10.4. The van der Waals surface area contributed by atoms with Gasteiger partial charge in [0, 0.05) is 5.75 Å². The van der Waals surface area contributed by atoms with Crippen molar-refractivity contribution in [3.8, 4) is 0 Å². The third-order valence-corrected chi connectivity index (χ3v) is 1.32. The Bertz CT molecular complexity index is 58.9. The van der Waals surface area contributed by atoms with Crippen molar-refractivity contribution in [1.29, 1.82) is 0 Å². The molecule has 2 nitrogen and oxygen atoms in total. The minimum absolute atomic E-state index is 0.0289. The summed E-state index contributed by atoms with van der Waals surface area (Å²) in [7, 11) is 0. The highest BCUT2D eigenvalue weighted by Gasteiger charge is 2.03. The summed E-state index contributed by atoms with van der Waals surface area (Å²) in [6, 6.07) is 0. The first-order chi connectivity index (χ1) is 4.35. The minimum atomic E-state index is -0.241. The van der Waals surface area contributed by atoms with Crippen molar-refractivity contribution in [2.24, 2.45) is 0 Å². The molecule has 0 aliphatic heterocycles. The van der Waals surface area contributed by atoms with E-state index in [-0.39, 0.29) is 12.7 Å². The molecule has 55 valence electrons. The molecule has 0 saturated carbocycles. The number of rotatable bonds is 5. The maximum atomic E-state index is 8.51. The second-order valence-corrected chi connectivity index (χ2v) is 2.25. The number of aliphatic hydroxyl groups is 1. The van der Waals surface area contributed by atoms with Crippen molar-refractivity contribution in [2.45, 2.75) is 6.10 Å². The Labute approximate surface area is 65.6 Å². The zero-order valence-electron chi connectivity index (χ0n) is 5.05. The van der Waals surface area contributed by atoms with Crippen LogP contribution in [0.1, 0.15) is 0 Å². The molecule has 0 aliphatic rings. The number of ether oxygens (including phenoxy) is 1. The number of hydrogen-bond acceptors (Lipinski definition) is 2. The van der Waals surface area contributed by atoms with Gasteiger partial charge in [0.1, 0.15) is 0 Å². The van der Waals surface area contributed by atoms with Crippen LogP contribution in [0.3, 0.4) is 0 Å². The monoisotopic (exact) mass is 169 g/mol. The summed E-state index contributed by atoms with van der Waals surface area (Å²) in [4.78, 5) is 0. The zero-order chi connectivity index (χ0) is 7.11. The lowest BCUT2D eigenvalue weighted by Crippen LogP contribution is -2.20. The van der Waals surface area contributed by atoms with Crippen LogP contribution in [0, 0.1) is 0 Å². The topological polar surface area (TPSA) is 29.5 Å². The molecule has 0 aliphatic carbocycles. The summed E-state index contributed by atoms with van der Waals surface area (Å²) in [6.07, 6.45) is -0.241. The lowest BCUT2D eigenvalue weighted by Gasteiger charge is -2.09. The average molecular weight is 170 g/mol. The Hall–Kier alpha value is 0.560. The molecule has 9 heavy (non-hydrogen) atoms. The molecule has 1 N–H and O–H groups in total. The molecule has 0 bridgehead atoms. The van der Waals surface area contributed by atoms with Crippen LogP contribution in [-0.4, -0.2) is 36.1 Å². The summed E-state index contributed by atoms with van der Waals surface area (Å²) < 4.78 is 5.00. The van der Waals surface area contributed by atoms with Gasteiger partial charge >= 0.3 is 0 Å². The maximum Gasteiger partial charge on any atom is 0.0941 e. The van der Waals surface area contributed by atoms with Gasteiger partial charge in [0.05, 0.1) is 25.2 Å². The molecule has 1 atom stereocenters. The van der Waals surface area contributed by atoms with Crippen molar-refractivity contribution in [2.75, 3.05) is 24.8 Å². The van der Waals surface area contributed by atoms with E-state index >= 15 is 0 Å². The molecule has 0 aromatic rings. The fraction of sp³-hybridized carbons (Fsp3) is 1.00. The summed E-state index contributed by atoms with van der Waals surface area (Å²) in [5.41, 5.74) is 0. The van der Waals surface area contributed by atoms with Crippen LogP contribution < -0.4 is 0 Å². The molecule has 0 rings (SSSR count). The van der Waals surface area contributed by atoms with Gasteiger partial charge in [-0.05, 0) is 0 Å². The highest BCUT2D eigenvalue weighted by Crippen LogP contribution is 1.93. The van der Waals surface area contributed by atoms with E-state index < -0.39 is 0 Å². The Balaban J connectivity index is 3.09. The summed E-state index contributed by atoms with van der Waals surface area (Å²) in [5, 5.41) is 8.51. The molecular weight excluding hydrogens is 160 g/mol. The molecule has 0 heterocycles. The van der Waals surface area contributed by atoms with Crippen molar-refractivity contribution in [1.82, 2.24) is 0 Å².